The maximum Gasteiger partial charge on any atom is 0.156 e. The van der Waals surface area contributed by atoms with E-state index < -0.39 is 0 Å². The lowest BCUT2D eigenvalue weighted by Gasteiger charge is -2.24. The van der Waals surface area contributed by atoms with Crippen LogP contribution in [0.5, 0.6) is 0 Å². The zero-order valence-corrected chi connectivity index (χ0v) is 10.5. The van der Waals surface area contributed by atoms with Gasteiger partial charge < -0.3 is 5.32 Å². The lowest BCUT2D eigenvalue weighted by molar-refractivity contribution is 0.458. The molecule has 1 aromatic rings. The van der Waals surface area contributed by atoms with E-state index in [1.54, 1.807) is 6.07 Å². The van der Waals surface area contributed by atoms with Crippen molar-refractivity contribution in [2.45, 2.75) is 18.8 Å². The van der Waals surface area contributed by atoms with Gasteiger partial charge in [0.25, 0.3) is 0 Å². The van der Waals surface area contributed by atoms with E-state index >= 15 is 0 Å². The van der Waals surface area contributed by atoms with E-state index in [2.05, 4.69) is 21.2 Å². The Morgan fingerprint density at radius 3 is 2.67 bits per heavy atom. The summed E-state index contributed by atoms with van der Waals surface area (Å²) in [5, 5.41) is 3.56. The molecular formula is C11H12BrClFN. The second-order valence-electron chi connectivity index (χ2n) is 3.79. The third-order valence-electron chi connectivity index (χ3n) is 2.84. The van der Waals surface area contributed by atoms with Crippen LogP contribution in [0, 0.1) is 5.82 Å². The lowest BCUT2D eigenvalue weighted by Crippen LogP contribution is -2.26. The van der Waals surface area contributed by atoms with Crippen LogP contribution < -0.4 is 5.32 Å². The van der Waals surface area contributed by atoms with E-state index in [-0.39, 0.29) is 10.8 Å². The molecule has 1 nitrogen and oxygen atoms in total. The zero-order chi connectivity index (χ0) is 10.8. The first-order valence-corrected chi connectivity index (χ1v) is 6.21. The Hall–Kier alpha value is -0.120. The summed E-state index contributed by atoms with van der Waals surface area (Å²) in [6.45, 7) is 1.97. The fourth-order valence-corrected chi connectivity index (χ4v) is 2.75. The molecule has 1 saturated heterocycles. The molecule has 4 heteroatoms. The minimum Gasteiger partial charge on any atom is -0.317 e. The van der Waals surface area contributed by atoms with Gasteiger partial charge in [-0.3, -0.25) is 0 Å². The molecule has 0 atom stereocenters. The summed E-state index contributed by atoms with van der Waals surface area (Å²) in [6, 6.07) is 3.66. The molecule has 1 heterocycles. The Balaban J connectivity index is 2.31. The molecule has 0 aliphatic carbocycles. The summed E-state index contributed by atoms with van der Waals surface area (Å²) < 4.78 is 14.0. The number of benzene rings is 1. The van der Waals surface area contributed by atoms with E-state index in [4.69, 9.17) is 11.6 Å². The van der Waals surface area contributed by atoms with Crippen LogP contribution in [-0.4, -0.2) is 13.1 Å². The number of hydrogen-bond acceptors (Lipinski definition) is 1. The Kier molecular flexibility index (Phi) is 3.65. The van der Waals surface area contributed by atoms with E-state index in [0.29, 0.717) is 10.4 Å². The first kappa shape index (κ1) is 11.4. The zero-order valence-electron chi connectivity index (χ0n) is 8.19. The monoisotopic (exact) mass is 291 g/mol. The Bertz CT molecular complexity index is 364. The van der Waals surface area contributed by atoms with Crippen molar-refractivity contribution in [1.82, 2.24) is 5.32 Å². The van der Waals surface area contributed by atoms with Crippen molar-refractivity contribution >= 4 is 27.5 Å². The second-order valence-corrected chi connectivity index (χ2v) is 5.02. The van der Waals surface area contributed by atoms with Gasteiger partial charge in [0.1, 0.15) is 0 Å². The molecule has 0 aromatic heterocycles. The van der Waals surface area contributed by atoms with Crippen molar-refractivity contribution in [1.29, 1.82) is 0 Å². The number of hydrogen-bond donors (Lipinski definition) is 1. The van der Waals surface area contributed by atoms with Crippen LogP contribution in [0.25, 0.3) is 0 Å². The molecule has 0 radical (unpaired) electrons. The molecule has 2 rings (SSSR count). The van der Waals surface area contributed by atoms with Gasteiger partial charge in [-0.15, -0.1) is 0 Å². The molecule has 0 spiro atoms. The summed E-state index contributed by atoms with van der Waals surface area (Å²) in [6.07, 6.45) is 2.06. The van der Waals surface area contributed by atoms with Crippen molar-refractivity contribution in [2.75, 3.05) is 13.1 Å². The molecule has 0 amide bonds. The molecule has 82 valence electrons. The van der Waals surface area contributed by atoms with Crippen LogP contribution in [0.4, 0.5) is 4.39 Å². The molecular weight excluding hydrogens is 280 g/mol. The summed E-state index contributed by atoms with van der Waals surface area (Å²) in [4.78, 5) is 0. The first-order chi connectivity index (χ1) is 7.20. The van der Waals surface area contributed by atoms with Gasteiger partial charge in [0.05, 0.1) is 9.50 Å². The normalized spacial score (nSPS) is 18.1. The standard InChI is InChI=1S/C11H12BrClFN/c12-9-2-1-8(10(13)11(9)14)7-3-5-15-6-4-7/h1-2,7,15H,3-6H2. The number of piperidine rings is 1. The van der Waals surface area contributed by atoms with Crippen LogP contribution >= 0.6 is 27.5 Å². The van der Waals surface area contributed by atoms with Crippen LogP contribution in [0.3, 0.4) is 0 Å². The first-order valence-electron chi connectivity index (χ1n) is 5.04. The average molecular weight is 293 g/mol. The van der Waals surface area contributed by atoms with Crippen LogP contribution in [0.1, 0.15) is 24.3 Å². The van der Waals surface area contributed by atoms with Crippen molar-refractivity contribution in [3.8, 4) is 0 Å². The summed E-state index contributed by atoms with van der Waals surface area (Å²) in [5.74, 6) is 0.0500. The molecule has 1 N–H and O–H groups in total. The summed E-state index contributed by atoms with van der Waals surface area (Å²) in [5.41, 5.74) is 0.943. The van der Waals surface area contributed by atoms with Crippen molar-refractivity contribution in [3.63, 3.8) is 0 Å². The number of rotatable bonds is 1. The Labute approximate surface area is 102 Å². The van der Waals surface area contributed by atoms with Gasteiger partial charge in [-0.2, -0.15) is 0 Å². The van der Waals surface area contributed by atoms with E-state index in [1.807, 2.05) is 6.07 Å². The second kappa shape index (κ2) is 4.81. The van der Waals surface area contributed by atoms with Gasteiger partial charge in [0.2, 0.25) is 0 Å². The highest BCUT2D eigenvalue weighted by Crippen LogP contribution is 2.35. The van der Waals surface area contributed by atoms with Crippen LogP contribution in [-0.2, 0) is 0 Å². The fraction of sp³-hybridized carbons (Fsp3) is 0.455. The van der Waals surface area contributed by atoms with E-state index in [9.17, 15) is 4.39 Å². The van der Waals surface area contributed by atoms with Gasteiger partial charge in [-0.25, -0.2) is 4.39 Å². The Morgan fingerprint density at radius 2 is 2.00 bits per heavy atom. The fourth-order valence-electron chi connectivity index (χ4n) is 1.99. The van der Waals surface area contributed by atoms with Crippen LogP contribution in [0.15, 0.2) is 16.6 Å². The number of nitrogens with one attached hydrogen (secondary N) is 1. The van der Waals surface area contributed by atoms with Gasteiger partial charge in [-0.05, 0) is 59.4 Å². The molecule has 0 bridgehead atoms. The number of halogens is 3. The van der Waals surface area contributed by atoms with Crippen molar-refractivity contribution < 1.29 is 4.39 Å². The van der Waals surface area contributed by atoms with E-state index in [0.717, 1.165) is 31.5 Å². The quantitative estimate of drug-likeness (QED) is 0.778. The molecule has 1 aromatic carbocycles. The largest absolute Gasteiger partial charge is 0.317 e. The maximum absolute atomic E-state index is 13.6. The summed E-state index contributed by atoms with van der Waals surface area (Å²) in [7, 11) is 0. The van der Waals surface area contributed by atoms with Gasteiger partial charge >= 0.3 is 0 Å². The predicted molar refractivity (Wildman–Crippen MR) is 64.0 cm³/mol. The minimum absolute atomic E-state index is 0.274. The molecule has 0 unspecified atom stereocenters. The molecule has 1 fully saturated rings. The Morgan fingerprint density at radius 1 is 1.33 bits per heavy atom. The summed E-state index contributed by atoms with van der Waals surface area (Å²) >= 11 is 9.14. The molecule has 1 aliphatic rings. The van der Waals surface area contributed by atoms with E-state index in [1.165, 1.54) is 0 Å². The smallest absolute Gasteiger partial charge is 0.156 e. The molecule has 0 saturated carbocycles. The third kappa shape index (κ3) is 2.35. The predicted octanol–water partition coefficient (Wildman–Crippen LogP) is 3.71. The third-order valence-corrected chi connectivity index (χ3v) is 3.84. The highest BCUT2D eigenvalue weighted by Gasteiger charge is 2.20. The topological polar surface area (TPSA) is 12.0 Å². The molecule has 15 heavy (non-hydrogen) atoms. The van der Waals surface area contributed by atoms with Gasteiger partial charge in [-0.1, -0.05) is 17.7 Å². The van der Waals surface area contributed by atoms with Crippen molar-refractivity contribution in [2.24, 2.45) is 0 Å². The van der Waals surface area contributed by atoms with Gasteiger partial charge in [0.15, 0.2) is 5.82 Å². The van der Waals surface area contributed by atoms with Crippen molar-refractivity contribution in [3.05, 3.63) is 33.0 Å². The average Bonchev–Trinajstić information content (AvgIpc) is 2.27. The molecule has 1 aliphatic heterocycles. The lowest BCUT2D eigenvalue weighted by atomic mass is 9.90. The van der Waals surface area contributed by atoms with Gasteiger partial charge in [0, 0.05) is 0 Å². The SMILES string of the molecule is Fc1c(Br)ccc(C2CCNCC2)c1Cl. The van der Waals surface area contributed by atoms with Crippen LogP contribution in [0.2, 0.25) is 5.02 Å². The minimum atomic E-state index is -0.340. The highest BCUT2D eigenvalue weighted by atomic mass is 79.9. The highest BCUT2D eigenvalue weighted by molar-refractivity contribution is 9.10. The maximum atomic E-state index is 13.6.